The van der Waals surface area contributed by atoms with E-state index in [1.54, 1.807) is 6.26 Å². The molecule has 4 bridgehead atoms. The summed E-state index contributed by atoms with van der Waals surface area (Å²) in [4.78, 5) is 13.0. The van der Waals surface area contributed by atoms with Crippen LogP contribution in [-0.2, 0) is 11.8 Å². The Labute approximate surface area is 169 Å². The van der Waals surface area contributed by atoms with Crippen molar-refractivity contribution < 1.29 is 9.21 Å². The number of aromatic nitrogens is 3. The molecule has 1 atom stereocenters. The largest absolute Gasteiger partial charge is 0.469 e. The molecule has 4 saturated carbocycles. The van der Waals surface area contributed by atoms with E-state index >= 15 is 0 Å². The summed E-state index contributed by atoms with van der Waals surface area (Å²) in [7, 11) is 1.94. The third-order valence-electron chi connectivity index (χ3n) is 7.01. The predicted molar refractivity (Wildman–Crippen MR) is 108 cm³/mol. The fraction of sp³-hybridized carbons (Fsp3) is 0.667. The molecule has 2 heterocycles. The zero-order chi connectivity index (χ0) is 19.5. The molecule has 0 spiro atoms. The molecule has 4 aliphatic rings. The molecule has 0 aliphatic heterocycles. The van der Waals surface area contributed by atoms with Crippen LogP contribution in [0.25, 0.3) is 11.4 Å². The average molecular weight is 401 g/mol. The van der Waals surface area contributed by atoms with Crippen molar-refractivity contribution in [1.82, 2.24) is 20.1 Å². The van der Waals surface area contributed by atoms with E-state index in [0.717, 1.165) is 40.1 Å². The minimum absolute atomic E-state index is 0.0552. The smallest absolute Gasteiger partial charge is 0.233 e. The SMILES string of the molecule is Cc1occc1-c1nnc(SC(C)C(=O)NC23CC4CC(CC(C4)C2)C3)n1C. The van der Waals surface area contributed by atoms with Gasteiger partial charge in [-0.2, -0.15) is 0 Å². The Bertz CT molecular complexity index is 867. The number of nitrogens with one attached hydrogen (secondary N) is 1. The molecular weight excluding hydrogens is 372 g/mol. The maximum Gasteiger partial charge on any atom is 0.233 e. The van der Waals surface area contributed by atoms with Gasteiger partial charge in [0.2, 0.25) is 5.91 Å². The normalized spacial score (nSPS) is 31.9. The van der Waals surface area contributed by atoms with Gasteiger partial charge in [0.25, 0.3) is 0 Å². The van der Waals surface area contributed by atoms with Gasteiger partial charge in [-0.25, -0.2) is 0 Å². The van der Waals surface area contributed by atoms with E-state index in [-0.39, 0.29) is 16.7 Å². The van der Waals surface area contributed by atoms with Crippen LogP contribution < -0.4 is 5.32 Å². The number of furan rings is 1. The molecule has 0 saturated heterocycles. The van der Waals surface area contributed by atoms with Gasteiger partial charge in [0.1, 0.15) is 5.76 Å². The fourth-order valence-electron chi connectivity index (χ4n) is 6.11. The number of thioether (sulfide) groups is 1. The van der Waals surface area contributed by atoms with E-state index in [1.165, 1.54) is 50.3 Å². The molecule has 1 amide bonds. The molecule has 28 heavy (non-hydrogen) atoms. The lowest BCUT2D eigenvalue weighted by Gasteiger charge is -2.57. The van der Waals surface area contributed by atoms with E-state index in [0.29, 0.717) is 0 Å². The van der Waals surface area contributed by atoms with Crippen LogP contribution >= 0.6 is 11.8 Å². The number of aryl methyl sites for hydroxylation is 1. The molecule has 0 aromatic carbocycles. The van der Waals surface area contributed by atoms with Crippen molar-refractivity contribution in [3.63, 3.8) is 0 Å². The van der Waals surface area contributed by atoms with Crippen LogP contribution in [-0.4, -0.2) is 31.5 Å². The summed E-state index contributed by atoms with van der Waals surface area (Å²) < 4.78 is 7.33. The molecule has 150 valence electrons. The van der Waals surface area contributed by atoms with Crippen molar-refractivity contribution in [2.24, 2.45) is 24.8 Å². The molecule has 2 aromatic heterocycles. The quantitative estimate of drug-likeness (QED) is 0.770. The number of carbonyl (C=O) groups is 1. The zero-order valence-corrected chi connectivity index (χ0v) is 17.6. The van der Waals surface area contributed by atoms with E-state index in [1.807, 2.05) is 31.5 Å². The summed E-state index contributed by atoms with van der Waals surface area (Å²) >= 11 is 1.48. The molecule has 4 aliphatic carbocycles. The fourth-order valence-corrected chi connectivity index (χ4v) is 6.92. The van der Waals surface area contributed by atoms with Crippen LogP contribution in [0.3, 0.4) is 0 Å². The van der Waals surface area contributed by atoms with Gasteiger partial charge in [-0.3, -0.25) is 4.79 Å². The van der Waals surface area contributed by atoms with Gasteiger partial charge >= 0.3 is 0 Å². The molecule has 6 nitrogen and oxygen atoms in total. The molecule has 1 unspecified atom stereocenters. The predicted octanol–water partition coefficient (Wildman–Crippen LogP) is 3.95. The van der Waals surface area contributed by atoms with Crippen molar-refractivity contribution in [3.8, 4) is 11.4 Å². The van der Waals surface area contributed by atoms with Gasteiger partial charge in [-0.1, -0.05) is 11.8 Å². The Hall–Kier alpha value is -1.76. The van der Waals surface area contributed by atoms with E-state index in [4.69, 9.17) is 4.42 Å². The Morgan fingerprint density at radius 1 is 1.25 bits per heavy atom. The second-order valence-electron chi connectivity index (χ2n) is 9.20. The monoisotopic (exact) mass is 400 g/mol. The maximum atomic E-state index is 13.0. The lowest BCUT2D eigenvalue weighted by Crippen LogP contribution is -2.60. The molecule has 2 aromatic rings. The zero-order valence-electron chi connectivity index (χ0n) is 16.8. The van der Waals surface area contributed by atoms with E-state index in [9.17, 15) is 4.79 Å². The molecule has 0 radical (unpaired) electrons. The number of nitrogens with zero attached hydrogens (tertiary/aromatic N) is 3. The highest BCUT2D eigenvalue weighted by Gasteiger charge is 2.51. The highest BCUT2D eigenvalue weighted by molar-refractivity contribution is 8.00. The lowest BCUT2D eigenvalue weighted by molar-refractivity contribution is -0.126. The highest BCUT2D eigenvalue weighted by atomic mass is 32.2. The van der Waals surface area contributed by atoms with Crippen molar-refractivity contribution in [1.29, 1.82) is 0 Å². The van der Waals surface area contributed by atoms with Crippen molar-refractivity contribution in [2.75, 3.05) is 0 Å². The van der Waals surface area contributed by atoms with Gasteiger partial charge in [-0.15, -0.1) is 10.2 Å². The highest BCUT2D eigenvalue weighted by Crippen LogP contribution is 2.55. The van der Waals surface area contributed by atoms with Gasteiger partial charge in [0.05, 0.1) is 17.1 Å². The first-order chi connectivity index (χ1) is 13.4. The van der Waals surface area contributed by atoms with Crippen LogP contribution in [0, 0.1) is 24.7 Å². The van der Waals surface area contributed by atoms with Crippen LogP contribution in [0.15, 0.2) is 21.9 Å². The molecular formula is C21H28N4O2S. The summed E-state index contributed by atoms with van der Waals surface area (Å²) in [5.74, 6) is 4.20. The topological polar surface area (TPSA) is 72.9 Å². The lowest BCUT2D eigenvalue weighted by atomic mass is 9.53. The second-order valence-corrected chi connectivity index (χ2v) is 10.5. The van der Waals surface area contributed by atoms with Crippen LogP contribution in [0.5, 0.6) is 0 Å². The average Bonchev–Trinajstić information content (AvgIpc) is 3.19. The van der Waals surface area contributed by atoms with Gasteiger partial charge in [0.15, 0.2) is 11.0 Å². The minimum Gasteiger partial charge on any atom is -0.469 e. The summed E-state index contributed by atoms with van der Waals surface area (Å²) in [5.41, 5.74) is 0.993. The van der Waals surface area contributed by atoms with Crippen molar-refractivity contribution in [2.45, 2.75) is 68.3 Å². The maximum absolute atomic E-state index is 13.0. The van der Waals surface area contributed by atoms with Crippen molar-refractivity contribution >= 4 is 17.7 Å². The summed E-state index contributed by atoms with van der Waals surface area (Å²) in [6, 6.07) is 1.90. The number of carbonyl (C=O) groups excluding carboxylic acids is 1. The first-order valence-electron chi connectivity index (χ1n) is 10.3. The van der Waals surface area contributed by atoms with Crippen molar-refractivity contribution in [3.05, 3.63) is 18.1 Å². The Kier molecular flexibility index (Phi) is 4.34. The van der Waals surface area contributed by atoms with Crippen LogP contribution in [0.4, 0.5) is 0 Å². The minimum atomic E-state index is -0.200. The number of amides is 1. The second kappa shape index (κ2) is 6.65. The van der Waals surface area contributed by atoms with Gasteiger partial charge < -0.3 is 14.3 Å². The summed E-state index contributed by atoms with van der Waals surface area (Å²) in [6.45, 7) is 3.89. The summed E-state index contributed by atoms with van der Waals surface area (Å²) in [5, 5.41) is 12.7. The molecule has 7 heteroatoms. The first kappa shape index (κ1) is 18.3. The Balaban J connectivity index is 1.27. The van der Waals surface area contributed by atoms with E-state index < -0.39 is 0 Å². The standard InChI is InChI=1S/C21H28N4O2S/c1-12-17(4-5-27-12)18-23-24-20(25(18)3)28-13(2)19(26)22-21-9-14-6-15(10-21)8-16(7-14)11-21/h4-5,13-16H,6-11H2,1-3H3,(H,22,26). The van der Waals surface area contributed by atoms with Gasteiger partial charge in [0, 0.05) is 12.6 Å². The molecule has 4 fully saturated rings. The third-order valence-corrected chi connectivity index (χ3v) is 8.15. The van der Waals surface area contributed by atoms with E-state index in [2.05, 4.69) is 15.5 Å². The number of rotatable bonds is 5. The third kappa shape index (κ3) is 3.08. The Morgan fingerprint density at radius 2 is 1.89 bits per heavy atom. The van der Waals surface area contributed by atoms with Crippen LogP contribution in [0.1, 0.15) is 51.2 Å². The van der Waals surface area contributed by atoms with Gasteiger partial charge in [-0.05, 0) is 76.2 Å². The molecule has 6 rings (SSSR count). The number of hydrogen-bond acceptors (Lipinski definition) is 5. The molecule has 1 N–H and O–H groups in total. The van der Waals surface area contributed by atoms with Crippen LogP contribution in [0.2, 0.25) is 0 Å². The number of hydrogen-bond donors (Lipinski definition) is 1. The first-order valence-corrected chi connectivity index (χ1v) is 11.2. The summed E-state index contributed by atoms with van der Waals surface area (Å²) in [6.07, 6.45) is 9.34. The Morgan fingerprint density at radius 3 is 2.46 bits per heavy atom.